The van der Waals surface area contributed by atoms with Crippen molar-refractivity contribution in [2.75, 3.05) is 0 Å². The SMILES string of the molecule is Cc1cccc(-c2cccc3c4cccc(-c5cccc(C)c5)c4n(-c4cc(-c5ccncc5)c(C#N)cc4-c4ccccc4)c23)c1. The zero-order valence-corrected chi connectivity index (χ0v) is 26.3. The zero-order valence-electron chi connectivity index (χ0n) is 26.3. The van der Waals surface area contributed by atoms with Crippen LogP contribution >= 0.6 is 0 Å². The van der Waals surface area contributed by atoms with Crippen LogP contribution < -0.4 is 0 Å². The molecule has 0 amide bonds. The predicted octanol–water partition coefficient (Wildman–Crippen LogP) is 11.3. The lowest BCUT2D eigenvalue weighted by molar-refractivity contribution is 1.18. The number of hydrogen-bond donors (Lipinski definition) is 0. The van der Waals surface area contributed by atoms with Crippen molar-refractivity contribution in [3.63, 3.8) is 0 Å². The van der Waals surface area contributed by atoms with E-state index in [0.717, 1.165) is 50.1 Å². The molecule has 0 unspecified atom stereocenters. The fraction of sp³-hybridized carbons (Fsp3) is 0.0455. The van der Waals surface area contributed by atoms with Crippen LogP contribution in [0, 0.1) is 25.2 Å². The van der Waals surface area contributed by atoms with Gasteiger partial charge in [0.1, 0.15) is 0 Å². The van der Waals surface area contributed by atoms with E-state index in [1.807, 2.05) is 18.2 Å². The van der Waals surface area contributed by atoms with Crippen LogP contribution in [-0.2, 0) is 0 Å². The smallest absolute Gasteiger partial charge is 0.0998 e. The fourth-order valence-electron chi connectivity index (χ4n) is 6.93. The topological polar surface area (TPSA) is 41.6 Å². The number of benzene rings is 6. The zero-order chi connectivity index (χ0) is 31.9. The first-order valence-electron chi connectivity index (χ1n) is 15.9. The highest BCUT2D eigenvalue weighted by Gasteiger charge is 2.23. The number of nitriles is 1. The third kappa shape index (κ3) is 4.88. The van der Waals surface area contributed by atoms with Gasteiger partial charge in [0.05, 0.1) is 28.4 Å². The molecule has 2 aromatic heterocycles. The average Bonchev–Trinajstić information content (AvgIpc) is 3.46. The molecule has 0 N–H and O–H groups in total. The highest BCUT2D eigenvalue weighted by Crippen LogP contribution is 2.45. The lowest BCUT2D eigenvalue weighted by atomic mass is 9.93. The third-order valence-electron chi connectivity index (χ3n) is 9.04. The van der Waals surface area contributed by atoms with Gasteiger partial charge in [-0.25, -0.2) is 0 Å². The number of nitrogens with zero attached hydrogens (tertiary/aromatic N) is 3. The van der Waals surface area contributed by atoms with Crippen LogP contribution in [0.3, 0.4) is 0 Å². The third-order valence-corrected chi connectivity index (χ3v) is 9.04. The molecule has 0 saturated carbocycles. The van der Waals surface area contributed by atoms with E-state index in [-0.39, 0.29) is 0 Å². The number of pyridine rings is 1. The number of fused-ring (bicyclic) bond motifs is 3. The first-order chi connectivity index (χ1) is 23.1. The van der Waals surface area contributed by atoms with Crippen molar-refractivity contribution in [1.82, 2.24) is 9.55 Å². The first kappa shape index (κ1) is 28.2. The Hall–Kier alpha value is -6.24. The Labute approximate surface area is 274 Å². The van der Waals surface area contributed by atoms with Crippen LogP contribution in [0.2, 0.25) is 0 Å². The van der Waals surface area contributed by atoms with E-state index >= 15 is 0 Å². The van der Waals surface area contributed by atoms with E-state index in [2.05, 4.69) is 151 Å². The van der Waals surface area contributed by atoms with E-state index in [1.165, 1.54) is 33.0 Å². The predicted molar refractivity (Wildman–Crippen MR) is 195 cm³/mol. The van der Waals surface area contributed by atoms with E-state index in [0.29, 0.717) is 5.56 Å². The molecular formula is C44H31N3. The lowest BCUT2D eigenvalue weighted by Crippen LogP contribution is -2.02. The summed E-state index contributed by atoms with van der Waals surface area (Å²) < 4.78 is 2.45. The number of para-hydroxylation sites is 2. The second-order valence-electron chi connectivity index (χ2n) is 12.1. The van der Waals surface area contributed by atoms with E-state index < -0.39 is 0 Å². The van der Waals surface area contributed by atoms with Gasteiger partial charge in [-0.2, -0.15) is 5.26 Å². The maximum absolute atomic E-state index is 10.5. The molecule has 0 atom stereocenters. The van der Waals surface area contributed by atoms with Gasteiger partial charge in [-0.1, -0.05) is 126 Å². The van der Waals surface area contributed by atoms with Gasteiger partial charge in [-0.15, -0.1) is 0 Å². The molecule has 8 aromatic rings. The molecule has 0 aliphatic carbocycles. The van der Waals surface area contributed by atoms with Crippen LogP contribution in [0.1, 0.15) is 16.7 Å². The summed E-state index contributed by atoms with van der Waals surface area (Å²) >= 11 is 0. The van der Waals surface area contributed by atoms with Gasteiger partial charge in [-0.3, -0.25) is 4.98 Å². The molecular weight excluding hydrogens is 571 g/mol. The maximum Gasteiger partial charge on any atom is 0.0998 e. The molecule has 3 nitrogen and oxygen atoms in total. The molecule has 3 heteroatoms. The number of aromatic nitrogens is 2. The van der Waals surface area contributed by atoms with Gasteiger partial charge < -0.3 is 4.57 Å². The molecule has 0 spiro atoms. The summed E-state index contributed by atoms with van der Waals surface area (Å²) in [5.41, 5.74) is 14.9. The van der Waals surface area contributed by atoms with E-state index in [4.69, 9.17) is 0 Å². The molecule has 0 fully saturated rings. The van der Waals surface area contributed by atoms with Gasteiger partial charge in [0.15, 0.2) is 0 Å². The van der Waals surface area contributed by atoms with E-state index in [1.54, 1.807) is 12.4 Å². The Bertz CT molecular complexity index is 2380. The normalized spacial score (nSPS) is 11.2. The number of aryl methyl sites for hydroxylation is 2. The Balaban J connectivity index is 1.60. The minimum atomic E-state index is 0.623. The Kier molecular flexibility index (Phi) is 6.97. The quantitative estimate of drug-likeness (QED) is 0.197. The van der Waals surface area contributed by atoms with Crippen molar-refractivity contribution in [2.24, 2.45) is 0 Å². The molecule has 47 heavy (non-hydrogen) atoms. The van der Waals surface area contributed by atoms with Crippen molar-refractivity contribution in [3.8, 4) is 56.3 Å². The van der Waals surface area contributed by atoms with Crippen molar-refractivity contribution >= 4 is 21.8 Å². The molecule has 0 saturated heterocycles. The van der Waals surface area contributed by atoms with Gasteiger partial charge in [-0.05, 0) is 60.4 Å². The van der Waals surface area contributed by atoms with Gasteiger partial charge in [0, 0.05) is 45.4 Å². The molecule has 0 aliphatic heterocycles. The summed E-state index contributed by atoms with van der Waals surface area (Å²) in [5.74, 6) is 0. The number of rotatable bonds is 5. The maximum atomic E-state index is 10.5. The summed E-state index contributed by atoms with van der Waals surface area (Å²) in [7, 11) is 0. The Morgan fingerprint density at radius 3 is 1.57 bits per heavy atom. The minimum absolute atomic E-state index is 0.623. The van der Waals surface area contributed by atoms with Crippen LogP contribution in [0.5, 0.6) is 0 Å². The molecule has 2 heterocycles. The standard InChI is InChI=1S/C44H31N3/c1-29-10-6-14-33(24-29)36-16-8-18-38-39-19-9-17-37(34-15-7-11-30(2)25-34)44(39)47(43(36)38)42-27-40(32-20-22-46-23-21-32)35(28-45)26-41(42)31-12-4-3-5-13-31/h3-27H,1-2H3. The monoisotopic (exact) mass is 601 g/mol. The van der Waals surface area contributed by atoms with Crippen LogP contribution in [0.4, 0.5) is 0 Å². The molecule has 0 aliphatic rings. The van der Waals surface area contributed by atoms with Gasteiger partial charge in [0.2, 0.25) is 0 Å². The summed E-state index contributed by atoms with van der Waals surface area (Å²) in [5, 5.41) is 12.8. The van der Waals surface area contributed by atoms with E-state index in [9.17, 15) is 5.26 Å². The summed E-state index contributed by atoms with van der Waals surface area (Å²) in [6.07, 6.45) is 3.57. The second-order valence-corrected chi connectivity index (χ2v) is 12.1. The van der Waals surface area contributed by atoms with Crippen LogP contribution in [0.25, 0.3) is 72.0 Å². The fourth-order valence-corrected chi connectivity index (χ4v) is 6.93. The summed E-state index contributed by atoms with van der Waals surface area (Å²) in [4.78, 5) is 4.26. The molecule has 8 rings (SSSR count). The molecule has 0 bridgehead atoms. The Morgan fingerprint density at radius 2 is 1.02 bits per heavy atom. The van der Waals surface area contributed by atoms with Crippen molar-refractivity contribution in [2.45, 2.75) is 13.8 Å². The summed E-state index contributed by atoms with van der Waals surface area (Å²) in [6, 6.07) is 51.9. The Morgan fingerprint density at radius 1 is 0.489 bits per heavy atom. The molecule has 222 valence electrons. The van der Waals surface area contributed by atoms with Crippen molar-refractivity contribution in [1.29, 1.82) is 5.26 Å². The van der Waals surface area contributed by atoms with Gasteiger partial charge in [0.25, 0.3) is 0 Å². The first-order valence-corrected chi connectivity index (χ1v) is 15.9. The minimum Gasteiger partial charge on any atom is -0.307 e. The second kappa shape index (κ2) is 11.6. The number of hydrogen-bond acceptors (Lipinski definition) is 2. The van der Waals surface area contributed by atoms with Crippen molar-refractivity contribution < 1.29 is 0 Å². The van der Waals surface area contributed by atoms with Gasteiger partial charge >= 0.3 is 0 Å². The van der Waals surface area contributed by atoms with Crippen LogP contribution in [0.15, 0.2) is 152 Å². The molecule has 6 aromatic carbocycles. The highest BCUT2D eigenvalue weighted by atomic mass is 15.0. The lowest BCUT2D eigenvalue weighted by Gasteiger charge is -2.20. The molecule has 0 radical (unpaired) electrons. The highest BCUT2D eigenvalue weighted by molar-refractivity contribution is 6.17. The average molecular weight is 602 g/mol. The largest absolute Gasteiger partial charge is 0.307 e. The van der Waals surface area contributed by atoms with Crippen molar-refractivity contribution in [3.05, 3.63) is 169 Å². The summed E-state index contributed by atoms with van der Waals surface area (Å²) in [6.45, 7) is 4.29. The van der Waals surface area contributed by atoms with Crippen LogP contribution in [-0.4, -0.2) is 9.55 Å².